The number of nitrogens with zero attached hydrogens (tertiary/aromatic N) is 3. The van der Waals surface area contributed by atoms with Gasteiger partial charge in [-0.05, 0) is 60.2 Å². The van der Waals surface area contributed by atoms with Crippen molar-refractivity contribution in [2.24, 2.45) is 0 Å². The zero-order valence-electron chi connectivity index (χ0n) is 21.9. The van der Waals surface area contributed by atoms with Crippen LogP contribution in [-0.2, 0) is 0 Å². The van der Waals surface area contributed by atoms with E-state index in [0.717, 1.165) is 43.1 Å². The van der Waals surface area contributed by atoms with Gasteiger partial charge in [0.1, 0.15) is 5.82 Å². The molecule has 37 heavy (non-hydrogen) atoms. The summed E-state index contributed by atoms with van der Waals surface area (Å²) >= 11 is 0. The molecule has 1 unspecified atom stereocenters. The lowest BCUT2D eigenvalue weighted by Gasteiger charge is -2.40. The molecule has 1 heterocycles. The van der Waals surface area contributed by atoms with Gasteiger partial charge in [-0.2, -0.15) is 0 Å². The first kappa shape index (κ1) is 26.3. The van der Waals surface area contributed by atoms with Crippen molar-refractivity contribution in [1.29, 1.82) is 0 Å². The Labute approximate surface area is 218 Å². The summed E-state index contributed by atoms with van der Waals surface area (Å²) in [5, 5.41) is 3.13. The normalized spacial score (nSPS) is 14.7. The highest BCUT2D eigenvalue weighted by atomic mass is 19.1. The quantitative estimate of drug-likeness (QED) is 0.470. The van der Waals surface area contributed by atoms with Crippen LogP contribution in [0, 0.1) is 5.82 Å². The molecular formula is C29H35FN4O3. The third-order valence-corrected chi connectivity index (χ3v) is 6.84. The Hall–Kier alpha value is -3.78. The van der Waals surface area contributed by atoms with Gasteiger partial charge >= 0.3 is 0 Å². The van der Waals surface area contributed by atoms with Gasteiger partial charge in [0.25, 0.3) is 5.91 Å². The van der Waals surface area contributed by atoms with Crippen molar-refractivity contribution >= 4 is 17.3 Å². The number of piperazine rings is 1. The minimum atomic E-state index is -0.228. The zero-order valence-corrected chi connectivity index (χ0v) is 21.9. The smallest absolute Gasteiger partial charge is 0.251 e. The second-order valence-corrected chi connectivity index (χ2v) is 9.28. The van der Waals surface area contributed by atoms with Crippen molar-refractivity contribution < 1.29 is 18.7 Å². The highest BCUT2D eigenvalue weighted by molar-refractivity contribution is 5.94. The van der Waals surface area contributed by atoms with Crippen molar-refractivity contribution in [3.8, 4) is 11.5 Å². The Morgan fingerprint density at radius 1 is 0.919 bits per heavy atom. The van der Waals surface area contributed by atoms with Gasteiger partial charge in [-0.25, -0.2) is 4.39 Å². The maximum absolute atomic E-state index is 13.4. The van der Waals surface area contributed by atoms with Crippen LogP contribution in [0.15, 0.2) is 66.7 Å². The van der Waals surface area contributed by atoms with Crippen LogP contribution >= 0.6 is 0 Å². The van der Waals surface area contributed by atoms with E-state index in [9.17, 15) is 9.18 Å². The fraction of sp³-hybridized carbons (Fsp3) is 0.345. The number of hydrogen-bond donors (Lipinski definition) is 1. The number of benzene rings is 3. The van der Waals surface area contributed by atoms with Gasteiger partial charge in [0.15, 0.2) is 11.5 Å². The van der Waals surface area contributed by atoms with Crippen molar-refractivity contribution in [2.45, 2.75) is 6.04 Å². The Bertz CT molecular complexity index is 1180. The molecule has 0 aromatic heterocycles. The van der Waals surface area contributed by atoms with Gasteiger partial charge in [-0.15, -0.1) is 0 Å². The topological polar surface area (TPSA) is 57.3 Å². The van der Waals surface area contributed by atoms with Crippen LogP contribution in [0.1, 0.15) is 22.0 Å². The standard InChI is InChI=1S/C29H35FN4O3/c1-32(2)24-10-5-21(6-11-24)26(20-31-29(35)22-7-14-27(36-3)28(19-22)37-4)34-17-15-33(16-18-34)25-12-8-23(30)9-13-25/h5-14,19,26H,15-18,20H2,1-4H3,(H,31,35). The van der Waals surface area contributed by atoms with Crippen molar-refractivity contribution in [3.63, 3.8) is 0 Å². The number of carbonyl (C=O) groups excluding carboxylic acids is 1. The van der Waals surface area contributed by atoms with Gasteiger partial charge in [-0.1, -0.05) is 12.1 Å². The summed E-state index contributed by atoms with van der Waals surface area (Å²) in [6, 6.07) is 20.3. The van der Waals surface area contributed by atoms with Gasteiger partial charge < -0.3 is 24.6 Å². The molecule has 3 aromatic rings. The number of amides is 1. The first-order valence-corrected chi connectivity index (χ1v) is 12.4. The van der Waals surface area contributed by atoms with Gasteiger partial charge in [0.2, 0.25) is 0 Å². The molecule has 0 radical (unpaired) electrons. The Balaban J connectivity index is 1.49. The van der Waals surface area contributed by atoms with Crippen molar-refractivity contribution in [1.82, 2.24) is 10.2 Å². The highest BCUT2D eigenvalue weighted by Crippen LogP contribution is 2.28. The van der Waals surface area contributed by atoms with Crippen molar-refractivity contribution in [2.75, 3.05) is 70.8 Å². The van der Waals surface area contributed by atoms with E-state index in [1.165, 1.54) is 12.1 Å². The molecule has 1 atom stereocenters. The zero-order chi connectivity index (χ0) is 26.4. The predicted octanol–water partition coefficient (Wildman–Crippen LogP) is 4.20. The SMILES string of the molecule is COc1ccc(C(=O)NCC(c2ccc(N(C)C)cc2)N2CCN(c3ccc(F)cc3)CC2)cc1OC. The van der Waals surface area contributed by atoms with E-state index in [2.05, 4.69) is 44.3 Å². The highest BCUT2D eigenvalue weighted by Gasteiger charge is 2.26. The number of ether oxygens (including phenoxy) is 2. The number of carbonyl (C=O) groups is 1. The van der Waals surface area contributed by atoms with Crippen LogP contribution in [0.5, 0.6) is 11.5 Å². The summed E-state index contributed by atoms with van der Waals surface area (Å²) < 4.78 is 24.0. The van der Waals surface area contributed by atoms with Crippen LogP contribution < -0.4 is 24.6 Å². The van der Waals surface area contributed by atoms with Gasteiger partial charge in [-0.3, -0.25) is 9.69 Å². The molecule has 4 rings (SSSR count). The van der Waals surface area contributed by atoms with E-state index < -0.39 is 0 Å². The third kappa shape index (κ3) is 6.32. The molecule has 1 fully saturated rings. The molecule has 0 saturated carbocycles. The fourth-order valence-electron chi connectivity index (χ4n) is 4.66. The monoisotopic (exact) mass is 506 g/mol. The lowest BCUT2D eigenvalue weighted by Crippen LogP contribution is -2.50. The molecule has 7 nitrogen and oxygen atoms in total. The molecular weight excluding hydrogens is 471 g/mol. The molecule has 8 heteroatoms. The number of hydrogen-bond acceptors (Lipinski definition) is 6. The van der Waals surface area contributed by atoms with Crippen LogP contribution in [0.3, 0.4) is 0 Å². The van der Waals surface area contributed by atoms with E-state index in [4.69, 9.17) is 9.47 Å². The first-order chi connectivity index (χ1) is 17.9. The molecule has 1 saturated heterocycles. The molecule has 0 spiro atoms. The fourth-order valence-corrected chi connectivity index (χ4v) is 4.66. The Morgan fingerprint density at radius 2 is 1.57 bits per heavy atom. The minimum Gasteiger partial charge on any atom is -0.493 e. The number of nitrogens with one attached hydrogen (secondary N) is 1. The lowest BCUT2D eigenvalue weighted by atomic mass is 10.0. The van der Waals surface area contributed by atoms with Crippen LogP contribution in [-0.4, -0.2) is 71.8 Å². The Morgan fingerprint density at radius 3 is 2.16 bits per heavy atom. The maximum Gasteiger partial charge on any atom is 0.251 e. The summed E-state index contributed by atoms with van der Waals surface area (Å²) in [6.07, 6.45) is 0. The van der Waals surface area contributed by atoms with E-state index >= 15 is 0 Å². The number of anilines is 2. The molecule has 1 N–H and O–H groups in total. The largest absolute Gasteiger partial charge is 0.493 e. The minimum absolute atomic E-state index is 0.00988. The second kappa shape index (κ2) is 12.0. The lowest BCUT2D eigenvalue weighted by molar-refractivity contribution is 0.0929. The molecule has 1 amide bonds. The first-order valence-electron chi connectivity index (χ1n) is 12.4. The number of halogens is 1. The average Bonchev–Trinajstić information content (AvgIpc) is 2.93. The average molecular weight is 507 g/mol. The van der Waals surface area contributed by atoms with Gasteiger partial charge in [0, 0.05) is 63.8 Å². The van der Waals surface area contributed by atoms with Crippen molar-refractivity contribution in [3.05, 3.63) is 83.7 Å². The summed E-state index contributed by atoms with van der Waals surface area (Å²) in [5.74, 6) is 0.703. The Kier molecular flexibility index (Phi) is 8.50. The van der Waals surface area contributed by atoms with Gasteiger partial charge in [0.05, 0.1) is 20.3 Å². The summed E-state index contributed by atoms with van der Waals surface area (Å²) in [4.78, 5) is 19.8. The summed E-state index contributed by atoms with van der Waals surface area (Å²) in [5.41, 5.74) is 3.81. The molecule has 0 bridgehead atoms. The predicted molar refractivity (Wildman–Crippen MR) is 146 cm³/mol. The number of rotatable bonds is 9. The third-order valence-electron chi connectivity index (χ3n) is 6.84. The van der Waals surface area contributed by atoms with E-state index in [1.807, 2.05) is 26.2 Å². The molecule has 0 aliphatic carbocycles. The molecule has 196 valence electrons. The van der Waals surface area contributed by atoms with E-state index in [1.54, 1.807) is 32.4 Å². The van der Waals surface area contributed by atoms with E-state index in [-0.39, 0.29) is 17.8 Å². The molecule has 3 aromatic carbocycles. The molecule has 1 aliphatic rings. The summed E-state index contributed by atoms with van der Waals surface area (Å²) in [6.45, 7) is 3.75. The molecule has 1 aliphatic heterocycles. The van der Waals surface area contributed by atoms with Crippen LogP contribution in [0.25, 0.3) is 0 Å². The van der Waals surface area contributed by atoms with Crippen LogP contribution in [0.4, 0.5) is 15.8 Å². The second-order valence-electron chi connectivity index (χ2n) is 9.28. The number of methoxy groups -OCH3 is 2. The summed E-state index contributed by atoms with van der Waals surface area (Å²) in [7, 11) is 7.16. The van der Waals surface area contributed by atoms with E-state index in [0.29, 0.717) is 23.6 Å². The van der Waals surface area contributed by atoms with Crippen LogP contribution in [0.2, 0.25) is 0 Å². The maximum atomic E-state index is 13.4.